The van der Waals surface area contributed by atoms with Crippen LogP contribution in [0.2, 0.25) is 0 Å². The van der Waals surface area contributed by atoms with Crippen molar-refractivity contribution < 1.29 is 0 Å². The Kier molecular flexibility index (Phi) is 3.75. The Balaban J connectivity index is 1.64. The Morgan fingerprint density at radius 1 is 0.594 bits per heavy atom. The van der Waals surface area contributed by atoms with Crippen LogP contribution in [-0.2, 0) is 0 Å². The fourth-order valence-corrected chi connectivity index (χ4v) is 5.96. The highest BCUT2D eigenvalue weighted by molar-refractivity contribution is 7.25. The van der Waals surface area contributed by atoms with Crippen LogP contribution < -0.4 is 0 Å². The number of hydrogen-bond donors (Lipinski definition) is 0. The van der Waals surface area contributed by atoms with E-state index >= 15 is 0 Å². The highest BCUT2D eigenvalue weighted by Gasteiger charge is 2.18. The molecule has 0 radical (unpaired) electrons. The second-order valence-corrected chi connectivity index (χ2v) is 9.14. The molecule has 0 aliphatic carbocycles. The Hall–Kier alpha value is -3.95. The summed E-state index contributed by atoms with van der Waals surface area (Å²) in [5.74, 6) is 0. The van der Waals surface area contributed by atoms with Gasteiger partial charge < -0.3 is 4.57 Å². The van der Waals surface area contributed by atoms with Crippen molar-refractivity contribution in [2.24, 2.45) is 0 Å². The summed E-state index contributed by atoms with van der Waals surface area (Å²) in [5.41, 5.74) is 6.97. The summed E-state index contributed by atoms with van der Waals surface area (Å²) in [5, 5.41) is 3.81. The van der Waals surface area contributed by atoms with E-state index in [4.69, 9.17) is 4.98 Å². The molecule has 4 aromatic carbocycles. The normalized spacial score (nSPS) is 11.8. The van der Waals surface area contributed by atoms with Crippen LogP contribution in [0.15, 0.2) is 109 Å². The van der Waals surface area contributed by atoms with Gasteiger partial charge in [-0.2, -0.15) is 0 Å². The molecule has 0 fully saturated rings. The van der Waals surface area contributed by atoms with Gasteiger partial charge in [-0.15, -0.1) is 11.3 Å². The van der Waals surface area contributed by atoms with Gasteiger partial charge in [0.25, 0.3) is 0 Å². The summed E-state index contributed by atoms with van der Waals surface area (Å²) in [4.78, 5) is 4.81. The third-order valence-electron chi connectivity index (χ3n) is 6.25. The lowest BCUT2D eigenvalue weighted by Crippen LogP contribution is -1.97. The summed E-state index contributed by atoms with van der Waals surface area (Å²) >= 11 is 1.86. The molecule has 0 N–H and O–H groups in total. The van der Waals surface area contributed by atoms with Crippen LogP contribution in [0, 0.1) is 0 Å². The summed E-state index contributed by atoms with van der Waals surface area (Å²) in [7, 11) is 0. The molecule has 0 unspecified atom stereocenters. The van der Waals surface area contributed by atoms with Crippen LogP contribution in [-0.4, -0.2) is 9.55 Å². The van der Waals surface area contributed by atoms with Gasteiger partial charge in [0.15, 0.2) is 0 Å². The molecule has 0 atom stereocenters. The van der Waals surface area contributed by atoms with Crippen molar-refractivity contribution in [1.29, 1.82) is 0 Å². The fourth-order valence-electron chi connectivity index (χ4n) is 4.84. The van der Waals surface area contributed by atoms with Crippen LogP contribution >= 0.6 is 11.3 Å². The summed E-state index contributed by atoms with van der Waals surface area (Å²) in [6.45, 7) is 0. The van der Waals surface area contributed by atoms with Crippen molar-refractivity contribution in [3.63, 3.8) is 0 Å². The van der Waals surface area contributed by atoms with Crippen molar-refractivity contribution in [2.75, 3.05) is 0 Å². The van der Waals surface area contributed by atoms with E-state index in [1.54, 1.807) is 0 Å². The first-order valence-electron chi connectivity index (χ1n) is 10.7. The molecular weight excluding hydrogens is 408 g/mol. The van der Waals surface area contributed by atoms with Gasteiger partial charge in [0.1, 0.15) is 0 Å². The zero-order valence-electron chi connectivity index (χ0n) is 17.2. The van der Waals surface area contributed by atoms with E-state index in [0.29, 0.717) is 0 Å². The smallest absolute Gasteiger partial charge is 0.0963 e. The lowest BCUT2D eigenvalue weighted by molar-refractivity contribution is 1.18. The van der Waals surface area contributed by atoms with E-state index in [1.807, 2.05) is 23.6 Å². The molecule has 150 valence electrons. The molecular formula is C29H18N2S. The summed E-state index contributed by atoms with van der Waals surface area (Å²) in [6.07, 6.45) is 1.89. The Morgan fingerprint density at radius 2 is 1.41 bits per heavy atom. The average Bonchev–Trinajstić information content (AvgIpc) is 3.38. The number of rotatable bonds is 2. The van der Waals surface area contributed by atoms with E-state index in [2.05, 4.69) is 102 Å². The van der Waals surface area contributed by atoms with Gasteiger partial charge in [0.2, 0.25) is 0 Å². The van der Waals surface area contributed by atoms with Crippen LogP contribution in [0.4, 0.5) is 0 Å². The molecule has 3 aromatic heterocycles. The SMILES string of the molecule is c1ccc(-c2ccccc2-n2c3cc4sc5ccccc5c4cc3c3ncccc32)cc1. The number of aromatic nitrogens is 2. The van der Waals surface area contributed by atoms with Crippen molar-refractivity contribution in [3.05, 3.63) is 109 Å². The largest absolute Gasteiger partial charge is 0.307 e. The van der Waals surface area contributed by atoms with E-state index < -0.39 is 0 Å². The van der Waals surface area contributed by atoms with Crippen LogP contribution in [0.5, 0.6) is 0 Å². The molecule has 7 rings (SSSR count). The Morgan fingerprint density at radius 3 is 2.34 bits per heavy atom. The van der Waals surface area contributed by atoms with Gasteiger partial charge in [-0.05, 0) is 42.0 Å². The van der Waals surface area contributed by atoms with E-state index in [9.17, 15) is 0 Å². The zero-order valence-corrected chi connectivity index (χ0v) is 18.0. The van der Waals surface area contributed by atoms with Gasteiger partial charge in [-0.25, -0.2) is 0 Å². The van der Waals surface area contributed by atoms with Crippen LogP contribution in [0.3, 0.4) is 0 Å². The third kappa shape index (κ3) is 2.49. The van der Waals surface area contributed by atoms with Crippen LogP contribution in [0.1, 0.15) is 0 Å². The molecule has 7 aromatic rings. The van der Waals surface area contributed by atoms with E-state index in [1.165, 1.54) is 47.9 Å². The molecule has 0 saturated heterocycles. The maximum absolute atomic E-state index is 4.81. The van der Waals surface area contributed by atoms with E-state index in [-0.39, 0.29) is 0 Å². The van der Waals surface area contributed by atoms with Gasteiger partial charge in [0, 0.05) is 37.3 Å². The van der Waals surface area contributed by atoms with Gasteiger partial charge in [-0.1, -0.05) is 66.7 Å². The summed E-state index contributed by atoms with van der Waals surface area (Å²) in [6, 6.07) is 36.8. The van der Waals surface area contributed by atoms with Gasteiger partial charge in [-0.3, -0.25) is 4.98 Å². The van der Waals surface area contributed by atoms with Gasteiger partial charge >= 0.3 is 0 Å². The first kappa shape index (κ1) is 17.7. The molecule has 0 amide bonds. The van der Waals surface area contributed by atoms with Crippen molar-refractivity contribution >= 4 is 53.4 Å². The number of benzene rings is 4. The maximum Gasteiger partial charge on any atom is 0.0963 e. The molecule has 3 heteroatoms. The quantitative estimate of drug-likeness (QED) is 0.272. The molecule has 32 heavy (non-hydrogen) atoms. The lowest BCUT2D eigenvalue weighted by Gasteiger charge is -2.13. The number of nitrogens with zero attached hydrogens (tertiary/aromatic N) is 2. The van der Waals surface area contributed by atoms with Gasteiger partial charge in [0.05, 0.1) is 22.2 Å². The van der Waals surface area contributed by atoms with Crippen molar-refractivity contribution in [3.8, 4) is 16.8 Å². The third-order valence-corrected chi connectivity index (χ3v) is 7.38. The molecule has 0 aliphatic heterocycles. The molecule has 0 spiro atoms. The van der Waals surface area contributed by atoms with Crippen molar-refractivity contribution in [2.45, 2.75) is 0 Å². The standard InChI is InChI=1S/C29H18N2S/c1-2-9-19(10-3-1)20-11-4-6-13-24(20)31-25-14-8-16-30-29(25)23-17-22-21-12-5-7-15-27(21)32-28(22)18-26(23)31/h1-18H. The average molecular weight is 427 g/mol. The molecule has 0 aliphatic rings. The predicted octanol–water partition coefficient (Wildman–Crippen LogP) is 8.21. The number of thiophene rings is 1. The second kappa shape index (κ2) is 6.78. The number of pyridine rings is 1. The number of hydrogen-bond acceptors (Lipinski definition) is 2. The number of fused-ring (bicyclic) bond motifs is 6. The fraction of sp³-hybridized carbons (Fsp3) is 0. The lowest BCUT2D eigenvalue weighted by atomic mass is 10.0. The monoisotopic (exact) mass is 426 g/mol. The molecule has 3 heterocycles. The maximum atomic E-state index is 4.81. The zero-order chi connectivity index (χ0) is 21.1. The van der Waals surface area contributed by atoms with Crippen LogP contribution in [0.25, 0.3) is 58.9 Å². The predicted molar refractivity (Wildman–Crippen MR) is 137 cm³/mol. The highest BCUT2D eigenvalue weighted by Crippen LogP contribution is 2.41. The van der Waals surface area contributed by atoms with Crippen molar-refractivity contribution in [1.82, 2.24) is 9.55 Å². The highest BCUT2D eigenvalue weighted by atomic mass is 32.1. The number of para-hydroxylation sites is 1. The second-order valence-electron chi connectivity index (χ2n) is 8.05. The summed E-state index contributed by atoms with van der Waals surface area (Å²) < 4.78 is 5.01. The van der Waals surface area contributed by atoms with E-state index in [0.717, 1.165) is 11.0 Å². The molecule has 2 nitrogen and oxygen atoms in total. The molecule has 0 saturated carbocycles. The Labute approximate surface area is 189 Å². The minimum absolute atomic E-state index is 1.04. The first-order valence-corrected chi connectivity index (χ1v) is 11.6. The first-order chi connectivity index (χ1) is 15.9. The Bertz CT molecular complexity index is 1770. The topological polar surface area (TPSA) is 17.8 Å². The molecule has 0 bridgehead atoms. The minimum atomic E-state index is 1.04. The minimum Gasteiger partial charge on any atom is -0.307 e.